The van der Waals surface area contributed by atoms with Gasteiger partial charge in [-0.25, -0.2) is 0 Å². The first kappa shape index (κ1) is 23.9. The minimum Gasteiger partial charge on any atom is -0.394 e. The lowest BCUT2D eigenvalue weighted by Crippen LogP contribution is -2.64. The molecule has 4 unspecified atom stereocenters. The topological polar surface area (TPSA) is 286 Å². The van der Waals surface area contributed by atoms with Crippen molar-refractivity contribution in [2.75, 3.05) is 6.61 Å². The molecule has 0 aromatic heterocycles. The van der Waals surface area contributed by atoms with Crippen LogP contribution in [0.4, 0.5) is 0 Å². The van der Waals surface area contributed by atoms with E-state index in [1.807, 2.05) is 0 Å². The Balaban J connectivity index is 2.34. The Morgan fingerprint density at radius 3 is 2.07 bits per heavy atom. The van der Waals surface area contributed by atoms with E-state index < -0.39 is 73.8 Å². The van der Waals surface area contributed by atoms with E-state index in [0.29, 0.717) is 0 Å². The quantitative estimate of drug-likeness (QED) is 0.153. The molecule has 2 fully saturated rings. The Kier molecular flexibility index (Phi) is 8.43. The number of azide groups is 3. The van der Waals surface area contributed by atoms with Crippen LogP contribution in [0.2, 0.25) is 0 Å². The zero-order chi connectivity index (χ0) is 22.4. The third kappa shape index (κ3) is 4.84. The summed E-state index contributed by atoms with van der Waals surface area (Å²) in [5, 5.41) is 70.0. The summed E-state index contributed by atoms with van der Waals surface area (Å²) in [6.45, 7) is -0.840. The molecule has 2 rings (SSSR count). The van der Waals surface area contributed by atoms with Gasteiger partial charge in [-0.3, -0.25) is 0 Å². The summed E-state index contributed by atoms with van der Waals surface area (Å²) < 4.78 is 10.9. The highest BCUT2D eigenvalue weighted by Crippen LogP contribution is 2.33. The molecule has 0 radical (unpaired) electrons. The monoisotopic (exact) mass is 431 g/mol. The molecule has 1 saturated heterocycles. The molecule has 17 nitrogen and oxygen atoms in total. The molecule has 0 amide bonds. The molecule has 17 heteroatoms. The van der Waals surface area contributed by atoms with Crippen molar-refractivity contribution in [1.29, 1.82) is 0 Å². The molecule has 0 spiro atoms. The lowest BCUT2D eigenvalue weighted by atomic mass is 9.84. The summed E-state index contributed by atoms with van der Waals surface area (Å²) in [6.07, 6.45) is -13.4. The number of ether oxygens (including phenoxy) is 2. The Morgan fingerprint density at radius 1 is 0.900 bits per heavy atom. The van der Waals surface area contributed by atoms with Crippen LogP contribution in [0.5, 0.6) is 0 Å². The van der Waals surface area contributed by atoms with Crippen molar-refractivity contribution in [3.63, 3.8) is 0 Å². The second kappa shape index (κ2) is 10.6. The highest BCUT2D eigenvalue weighted by atomic mass is 16.7. The summed E-state index contributed by atoms with van der Waals surface area (Å²) >= 11 is 0. The zero-order valence-corrected chi connectivity index (χ0v) is 15.3. The van der Waals surface area contributed by atoms with Crippen molar-refractivity contribution >= 4 is 0 Å². The van der Waals surface area contributed by atoms with Gasteiger partial charge in [-0.1, -0.05) is 15.3 Å². The Bertz CT molecular complexity index is 740. The number of hydrogen-bond donors (Lipinski definition) is 6. The Hall–Kier alpha value is -2.39. The van der Waals surface area contributed by atoms with Crippen LogP contribution in [0.25, 0.3) is 31.3 Å². The van der Waals surface area contributed by atoms with Crippen LogP contribution in [-0.2, 0) is 9.47 Å². The second-order valence-electron chi connectivity index (χ2n) is 6.76. The first-order chi connectivity index (χ1) is 14.3. The van der Waals surface area contributed by atoms with Crippen molar-refractivity contribution in [2.45, 2.75) is 73.6 Å². The van der Waals surface area contributed by atoms with E-state index in [1.54, 1.807) is 0 Å². The van der Waals surface area contributed by atoms with Crippen LogP contribution in [-0.4, -0.2) is 104 Å². The van der Waals surface area contributed by atoms with E-state index in [1.165, 1.54) is 0 Å². The molecule has 1 heterocycles. The fraction of sp³-hybridized carbons (Fsp3) is 1.00. The first-order valence-corrected chi connectivity index (χ1v) is 8.75. The highest BCUT2D eigenvalue weighted by Gasteiger charge is 2.51. The third-order valence-corrected chi connectivity index (χ3v) is 4.99. The van der Waals surface area contributed by atoms with Crippen LogP contribution in [0, 0.1) is 0 Å². The van der Waals surface area contributed by atoms with E-state index >= 15 is 0 Å². The lowest BCUT2D eigenvalue weighted by molar-refractivity contribution is -0.303. The maximum atomic E-state index is 10.4. The molecule has 30 heavy (non-hydrogen) atoms. The zero-order valence-electron chi connectivity index (χ0n) is 15.3. The van der Waals surface area contributed by atoms with Crippen LogP contribution >= 0.6 is 0 Å². The molecule has 1 aliphatic carbocycles. The molecule has 0 aromatic carbocycles. The molecule has 0 aromatic rings. The van der Waals surface area contributed by atoms with Crippen molar-refractivity contribution in [3.05, 3.63) is 31.3 Å². The average Bonchev–Trinajstić information content (AvgIpc) is 2.73. The molecule has 1 aliphatic heterocycles. The second-order valence-corrected chi connectivity index (χ2v) is 6.76. The molecule has 0 bridgehead atoms. The SMILES string of the molecule is [N-]=[N+]=NC1[C@@H](O[C@@H]2C(N=[N+]=[N-])C[C@@H](N=[N+]=[N-])C(O)[C@H]2O)OC([C@H](O)CO)[C@@H](O)[C@@H]1O. The van der Waals surface area contributed by atoms with Gasteiger partial charge in [-0.05, 0) is 23.0 Å². The van der Waals surface area contributed by atoms with Crippen molar-refractivity contribution in [1.82, 2.24) is 0 Å². The summed E-state index contributed by atoms with van der Waals surface area (Å²) in [5.74, 6) is 0. The molecule has 1 saturated carbocycles. The molecule has 166 valence electrons. The molecule has 6 N–H and O–H groups in total. The van der Waals surface area contributed by atoms with Crippen molar-refractivity contribution < 1.29 is 40.1 Å². The molecular formula is C13H21N9O8. The smallest absolute Gasteiger partial charge is 0.169 e. The number of aliphatic hydroxyl groups is 6. The largest absolute Gasteiger partial charge is 0.394 e. The number of rotatable bonds is 7. The minimum atomic E-state index is -1.79. The van der Waals surface area contributed by atoms with Crippen molar-refractivity contribution in [3.8, 4) is 0 Å². The van der Waals surface area contributed by atoms with Gasteiger partial charge >= 0.3 is 0 Å². The van der Waals surface area contributed by atoms with E-state index in [2.05, 4.69) is 30.1 Å². The van der Waals surface area contributed by atoms with Gasteiger partial charge in [-0.15, -0.1) is 0 Å². The first-order valence-electron chi connectivity index (χ1n) is 8.75. The van der Waals surface area contributed by atoms with E-state index in [-0.39, 0.29) is 6.42 Å². The summed E-state index contributed by atoms with van der Waals surface area (Å²) in [6, 6.07) is -3.85. The summed E-state index contributed by atoms with van der Waals surface area (Å²) in [5.41, 5.74) is 26.1. The van der Waals surface area contributed by atoms with Gasteiger partial charge in [0.2, 0.25) is 0 Å². The van der Waals surface area contributed by atoms with Crippen LogP contribution in [0.1, 0.15) is 6.42 Å². The van der Waals surface area contributed by atoms with Crippen molar-refractivity contribution in [2.24, 2.45) is 15.3 Å². The van der Waals surface area contributed by atoms with E-state index in [9.17, 15) is 25.5 Å². The molecule has 11 atom stereocenters. The predicted molar refractivity (Wildman–Crippen MR) is 94.1 cm³/mol. The van der Waals surface area contributed by atoms with Crippen LogP contribution in [0.3, 0.4) is 0 Å². The van der Waals surface area contributed by atoms with E-state index in [4.69, 9.17) is 31.2 Å². The number of aliphatic hydroxyl groups excluding tert-OH is 6. The fourth-order valence-electron chi connectivity index (χ4n) is 3.45. The van der Waals surface area contributed by atoms with Crippen LogP contribution in [0.15, 0.2) is 15.3 Å². The Labute approximate surface area is 168 Å². The van der Waals surface area contributed by atoms with Gasteiger partial charge < -0.3 is 40.1 Å². The average molecular weight is 431 g/mol. The number of nitrogens with zero attached hydrogens (tertiary/aromatic N) is 9. The summed E-state index contributed by atoms with van der Waals surface area (Å²) in [4.78, 5) is 7.72. The third-order valence-electron chi connectivity index (χ3n) is 4.99. The van der Waals surface area contributed by atoms with Crippen LogP contribution < -0.4 is 0 Å². The molecule has 2 aliphatic rings. The normalized spacial score (nSPS) is 42.2. The van der Waals surface area contributed by atoms with Gasteiger partial charge in [0.05, 0.1) is 37.0 Å². The maximum Gasteiger partial charge on any atom is 0.169 e. The maximum absolute atomic E-state index is 10.4. The fourth-order valence-corrected chi connectivity index (χ4v) is 3.45. The Morgan fingerprint density at radius 2 is 1.50 bits per heavy atom. The van der Waals surface area contributed by atoms with E-state index in [0.717, 1.165) is 0 Å². The summed E-state index contributed by atoms with van der Waals surface area (Å²) in [7, 11) is 0. The van der Waals surface area contributed by atoms with Gasteiger partial charge in [0.1, 0.15) is 30.5 Å². The number of hydrogen-bond acceptors (Lipinski definition) is 11. The van der Waals surface area contributed by atoms with Gasteiger partial charge in [0.25, 0.3) is 0 Å². The van der Waals surface area contributed by atoms with Gasteiger partial charge in [-0.2, -0.15) is 0 Å². The highest BCUT2D eigenvalue weighted by molar-refractivity contribution is 5.02. The molecular weight excluding hydrogens is 410 g/mol. The lowest BCUT2D eigenvalue weighted by Gasteiger charge is -2.46. The standard InChI is InChI=1S/C13H21N9O8/c14-20-17-3-1-4(18-21-15)11(9(27)7(3)25)29-13-6(19-22-16)8(26)10(28)12(30-13)5(24)2-23/h3-13,23-28H,1-2H2/t3-,4?,5-,6?,7?,8-,9-,10+,11-,12?,13+/m1/s1. The van der Waals surface area contributed by atoms with Gasteiger partial charge in [0, 0.05) is 14.7 Å². The van der Waals surface area contributed by atoms with Gasteiger partial charge in [0.15, 0.2) is 6.29 Å². The minimum absolute atomic E-state index is 0.205. The predicted octanol–water partition coefficient (Wildman–Crippen LogP) is -1.67.